The van der Waals surface area contributed by atoms with Crippen molar-refractivity contribution in [3.8, 4) is 0 Å². The molecular weight excluding hydrogens is 210 g/mol. The van der Waals surface area contributed by atoms with Gasteiger partial charge in [-0.3, -0.25) is 9.69 Å². The molecule has 2 aliphatic rings. The van der Waals surface area contributed by atoms with Gasteiger partial charge in [-0.05, 0) is 45.2 Å². The normalized spacial score (nSPS) is 26.9. The van der Waals surface area contributed by atoms with E-state index in [2.05, 4.69) is 18.7 Å². The van der Waals surface area contributed by atoms with Crippen LogP contribution in [0.25, 0.3) is 0 Å². The molecule has 1 aliphatic heterocycles. The number of rotatable bonds is 4. The Bertz CT molecular complexity index is 262. The topological polar surface area (TPSA) is 20.3 Å². The number of piperidine rings is 1. The molecule has 0 N–H and O–H groups in total. The molecule has 1 saturated heterocycles. The lowest BCUT2D eigenvalue weighted by Gasteiger charge is -2.43. The molecule has 1 saturated carbocycles. The molecule has 0 radical (unpaired) electrons. The Morgan fingerprint density at radius 2 is 1.71 bits per heavy atom. The summed E-state index contributed by atoms with van der Waals surface area (Å²) in [6, 6.07) is 0. The Kier molecular flexibility index (Phi) is 4.24. The largest absolute Gasteiger partial charge is 0.297 e. The first-order valence-corrected chi connectivity index (χ1v) is 7.50. The Labute approximate surface area is 106 Å². The molecule has 0 spiro atoms. The van der Waals surface area contributed by atoms with Crippen molar-refractivity contribution in [1.82, 2.24) is 4.90 Å². The van der Waals surface area contributed by atoms with Gasteiger partial charge in [-0.15, -0.1) is 0 Å². The molecule has 0 bridgehead atoms. The Hall–Kier alpha value is -0.370. The Balaban J connectivity index is 2.16. The van der Waals surface area contributed by atoms with E-state index < -0.39 is 0 Å². The van der Waals surface area contributed by atoms with Crippen LogP contribution >= 0.6 is 0 Å². The van der Waals surface area contributed by atoms with E-state index in [1.165, 1.54) is 32.1 Å². The maximum absolute atomic E-state index is 12.8. The van der Waals surface area contributed by atoms with E-state index in [0.717, 1.165) is 32.4 Å². The second-order valence-electron chi connectivity index (χ2n) is 5.96. The van der Waals surface area contributed by atoms with Crippen LogP contribution in [-0.4, -0.2) is 29.3 Å². The fourth-order valence-electron chi connectivity index (χ4n) is 3.64. The van der Waals surface area contributed by atoms with Crippen molar-refractivity contribution in [3.05, 3.63) is 0 Å². The minimum absolute atomic E-state index is 0.0597. The number of carbonyl (C=O) groups excluding carboxylic acids is 1. The number of carbonyl (C=O) groups is 1. The van der Waals surface area contributed by atoms with Gasteiger partial charge in [0.2, 0.25) is 0 Å². The fraction of sp³-hybridized carbons (Fsp3) is 0.933. The summed E-state index contributed by atoms with van der Waals surface area (Å²) in [5, 5.41) is 0. The molecule has 0 aromatic heterocycles. The van der Waals surface area contributed by atoms with Crippen molar-refractivity contribution in [2.75, 3.05) is 13.1 Å². The van der Waals surface area contributed by atoms with Gasteiger partial charge in [0.25, 0.3) is 0 Å². The van der Waals surface area contributed by atoms with Crippen LogP contribution in [0.3, 0.4) is 0 Å². The van der Waals surface area contributed by atoms with Crippen molar-refractivity contribution in [2.45, 2.75) is 70.8 Å². The lowest BCUT2D eigenvalue weighted by Crippen LogP contribution is -2.56. The summed E-state index contributed by atoms with van der Waals surface area (Å²) in [6.07, 6.45) is 9.66. The summed E-state index contributed by atoms with van der Waals surface area (Å²) >= 11 is 0. The van der Waals surface area contributed by atoms with E-state index in [-0.39, 0.29) is 11.5 Å². The quantitative estimate of drug-likeness (QED) is 0.747. The van der Waals surface area contributed by atoms with Crippen LogP contribution in [-0.2, 0) is 4.79 Å². The van der Waals surface area contributed by atoms with E-state index in [4.69, 9.17) is 0 Å². The molecule has 1 unspecified atom stereocenters. The number of nitrogens with zero attached hydrogens (tertiary/aromatic N) is 1. The van der Waals surface area contributed by atoms with Gasteiger partial charge in [-0.2, -0.15) is 0 Å². The van der Waals surface area contributed by atoms with E-state index >= 15 is 0 Å². The second-order valence-corrected chi connectivity index (χ2v) is 5.96. The smallest absolute Gasteiger partial charge is 0.155 e. The highest BCUT2D eigenvalue weighted by Gasteiger charge is 2.46. The molecule has 0 amide bonds. The molecule has 1 atom stereocenters. The Morgan fingerprint density at radius 3 is 2.24 bits per heavy atom. The van der Waals surface area contributed by atoms with Gasteiger partial charge in [0.05, 0.1) is 5.54 Å². The van der Waals surface area contributed by atoms with Crippen LogP contribution in [0.2, 0.25) is 0 Å². The highest BCUT2D eigenvalue weighted by atomic mass is 16.1. The minimum Gasteiger partial charge on any atom is -0.297 e. The van der Waals surface area contributed by atoms with Gasteiger partial charge in [0.1, 0.15) is 0 Å². The third kappa shape index (κ3) is 2.42. The number of hydrogen-bond donors (Lipinski definition) is 0. The van der Waals surface area contributed by atoms with Gasteiger partial charge in [-0.1, -0.05) is 33.1 Å². The standard InChI is InChI=1S/C15H27NO/c1-3-13(2)14(17)15(9-5-6-10-15)16-11-7-4-8-12-16/h13H,3-12H2,1-2H3. The first-order valence-electron chi connectivity index (χ1n) is 7.50. The lowest BCUT2D eigenvalue weighted by molar-refractivity contribution is -0.135. The van der Waals surface area contributed by atoms with Crippen molar-refractivity contribution in [2.24, 2.45) is 5.92 Å². The summed E-state index contributed by atoms with van der Waals surface area (Å²) < 4.78 is 0. The molecular formula is C15H27NO. The monoisotopic (exact) mass is 237 g/mol. The number of likely N-dealkylation sites (tertiary alicyclic amines) is 1. The first kappa shape index (κ1) is 13.1. The van der Waals surface area contributed by atoms with E-state index in [9.17, 15) is 4.79 Å². The fourth-order valence-corrected chi connectivity index (χ4v) is 3.64. The average molecular weight is 237 g/mol. The van der Waals surface area contributed by atoms with Gasteiger partial charge < -0.3 is 0 Å². The molecule has 2 rings (SSSR count). The van der Waals surface area contributed by atoms with Crippen LogP contribution in [0.1, 0.15) is 65.2 Å². The van der Waals surface area contributed by atoms with Crippen molar-refractivity contribution in [1.29, 1.82) is 0 Å². The van der Waals surface area contributed by atoms with Gasteiger partial charge in [0, 0.05) is 5.92 Å². The molecule has 1 heterocycles. The zero-order valence-electron chi connectivity index (χ0n) is 11.5. The lowest BCUT2D eigenvalue weighted by atomic mass is 9.81. The zero-order valence-corrected chi connectivity index (χ0v) is 11.5. The molecule has 0 aromatic carbocycles. The maximum atomic E-state index is 12.8. The van der Waals surface area contributed by atoms with E-state index in [1.54, 1.807) is 0 Å². The van der Waals surface area contributed by atoms with Crippen LogP contribution < -0.4 is 0 Å². The molecule has 17 heavy (non-hydrogen) atoms. The van der Waals surface area contributed by atoms with Gasteiger partial charge >= 0.3 is 0 Å². The predicted octanol–water partition coefficient (Wildman–Crippen LogP) is 3.40. The second kappa shape index (κ2) is 5.51. The van der Waals surface area contributed by atoms with E-state index in [0.29, 0.717) is 5.78 Å². The molecule has 98 valence electrons. The molecule has 2 nitrogen and oxygen atoms in total. The summed E-state index contributed by atoms with van der Waals surface area (Å²) in [6.45, 7) is 6.57. The van der Waals surface area contributed by atoms with Gasteiger partial charge in [-0.25, -0.2) is 0 Å². The third-order valence-corrected chi connectivity index (χ3v) is 4.91. The van der Waals surface area contributed by atoms with Crippen molar-refractivity contribution >= 4 is 5.78 Å². The van der Waals surface area contributed by atoms with Crippen LogP contribution in [0.4, 0.5) is 0 Å². The van der Waals surface area contributed by atoms with Crippen LogP contribution in [0, 0.1) is 5.92 Å². The SMILES string of the molecule is CCC(C)C(=O)C1(N2CCCCC2)CCCC1. The molecule has 2 fully saturated rings. The summed E-state index contributed by atoms with van der Waals surface area (Å²) in [5.41, 5.74) is -0.0597. The van der Waals surface area contributed by atoms with Crippen LogP contribution in [0.5, 0.6) is 0 Å². The van der Waals surface area contributed by atoms with Crippen molar-refractivity contribution < 1.29 is 4.79 Å². The first-order chi connectivity index (χ1) is 8.20. The summed E-state index contributed by atoms with van der Waals surface area (Å²) in [7, 11) is 0. The average Bonchev–Trinajstić information content (AvgIpc) is 2.88. The highest BCUT2D eigenvalue weighted by Crippen LogP contribution is 2.39. The maximum Gasteiger partial charge on any atom is 0.155 e. The summed E-state index contributed by atoms with van der Waals surface area (Å²) in [5.74, 6) is 0.787. The predicted molar refractivity (Wildman–Crippen MR) is 71.1 cm³/mol. The molecule has 2 heteroatoms. The molecule has 0 aromatic rings. The molecule has 1 aliphatic carbocycles. The minimum atomic E-state index is -0.0597. The number of hydrogen-bond acceptors (Lipinski definition) is 2. The summed E-state index contributed by atoms with van der Waals surface area (Å²) in [4.78, 5) is 15.3. The van der Waals surface area contributed by atoms with Crippen LogP contribution in [0.15, 0.2) is 0 Å². The van der Waals surface area contributed by atoms with E-state index in [1.807, 2.05) is 0 Å². The number of Topliss-reactive ketones (excluding diaryl/α,β-unsaturated/α-hetero) is 1. The van der Waals surface area contributed by atoms with Crippen molar-refractivity contribution in [3.63, 3.8) is 0 Å². The number of ketones is 1. The Morgan fingerprint density at radius 1 is 1.12 bits per heavy atom. The van der Waals surface area contributed by atoms with Gasteiger partial charge in [0.15, 0.2) is 5.78 Å². The zero-order chi connectivity index (χ0) is 12.3. The third-order valence-electron chi connectivity index (χ3n) is 4.91. The highest BCUT2D eigenvalue weighted by molar-refractivity contribution is 5.90.